The first kappa shape index (κ1) is 14.5. The predicted octanol–water partition coefficient (Wildman–Crippen LogP) is 0.898. The van der Waals surface area contributed by atoms with E-state index in [-0.39, 0.29) is 5.03 Å². The highest BCUT2D eigenvalue weighted by Crippen LogP contribution is 2.25. The number of nitrogens with one attached hydrogen (secondary N) is 1. The summed E-state index contributed by atoms with van der Waals surface area (Å²) in [5.74, 6) is 0.667. The van der Waals surface area contributed by atoms with Crippen LogP contribution in [0.15, 0.2) is 11.2 Å². The summed E-state index contributed by atoms with van der Waals surface area (Å²) in [6, 6.07) is 0. The molecular weight excluding hydrogens is 266 g/mol. The van der Waals surface area contributed by atoms with Gasteiger partial charge in [0, 0.05) is 19.5 Å². The van der Waals surface area contributed by atoms with Crippen LogP contribution in [0.4, 0.5) is 0 Å². The van der Waals surface area contributed by atoms with Gasteiger partial charge in [0.15, 0.2) is 5.03 Å². The van der Waals surface area contributed by atoms with Crippen LogP contribution in [0.25, 0.3) is 0 Å². The van der Waals surface area contributed by atoms with Gasteiger partial charge < -0.3 is 10.1 Å². The van der Waals surface area contributed by atoms with E-state index >= 15 is 0 Å². The van der Waals surface area contributed by atoms with Crippen molar-refractivity contribution in [3.63, 3.8) is 0 Å². The fourth-order valence-corrected chi connectivity index (χ4v) is 3.68. The monoisotopic (exact) mass is 287 g/mol. The van der Waals surface area contributed by atoms with Crippen LogP contribution in [-0.4, -0.2) is 46.5 Å². The molecule has 1 aliphatic rings. The standard InChI is InChI=1S/C12H21N3O3S/c1-3-10-13-9-11(14-10)19(17,18)15-7-4-5-12(2,16)6-8-15/h9,16H,3-8H2,1-2H3,(H,13,14). The molecule has 0 bridgehead atoms. The maximum Gasteiger partial charge on any atom is 0.260 e. The zero-order valence-corrected chi connectivity index (χ0v) is 12.2. The van der Waals surface area contributed by atoms with Crippen LogP contribution in [0.3, 0.4) is 0 Å². The Kier molecular flexibility index (Phi) is 3.98. The van der Waals surface area contributed by atoms with E-state index in [9.17, 15) is 13.5 Å². The number of aliphatic hydroxyl groups is 1. The molecule has 0 aliphatic carbocycles. The van der Waals surface area contributed by atoms with Gasteiger partial charge in [-0.1, -0.05) is 6.92 Å². The third-order valence-corrected chi connectivity index (χ3v) is 5.39. The van der Waals surface area contributed by atoms with E-state index in [4.69, 9.17) is 0 Å². The van der Waals surface area contributed by atoms with Crippen molar-refractivity contribution in [2.45, 2.75) is 50.2 Å². The molecule has 0 aromatic carbocycles. The van der Waals surface area contributed by atoms with E-state index in [1.807, 2.05) is 6.92 Å². The predicted molar refractivity (Wildman–Crippen MR) is 71.2 cm³/mol. The molecule has 0 spiro atoms. The van der Waals surface area contributed by atoms with Crippen molar-refractivity contribution in [2.75, 3.05) is 13.1 Å². The lowest BCUT2D eigenvalue weighted by Gasteiger charge is -2.21. The summed E-state index contributed by atoms with van der Waals surface area (Å²) in [5.41, 5.74) is -0.771. The van der Waals surface area contributed by atoms with E-state index < -0.39 is 15.6 Å². The minimum atomic E-state index is -3.52. The lowest BCUT2D eigenvalue weighted by Crippen LogP contribution is -2.33. The minimum absolute atomic E-state index is 0.144. The average Bonchev–Trinajstić information content (AvgIpc) is 2.75. The van der Waals surface area contributed by atoms with Gasteiger partial charge in [-0.2, -0.15) is 4.31 Å². The fraction of sp³-hybridized carbons (Fsp3) is 0.750. The van der Waals surface area contributed by atoms with E-state index in [0.717, 1.165) is 0 Å². The zero-order valence-electron chi connectivity index (χ0n) is 11.4. The van der Waals surface area contributed by atoms with Gasteiger partial charge in [-0.15, -0.1) is 0 Å². The highest BCUT2D eigenvalue weighted by molar-refractivity contribution is 7.89. The number of H-pyrrole nitrogens is 1. The van der Waals surface area contributed by atoms with Gasteiger partial charge in [-0.05, 0) is 26.2 Å². The number of aromatic nitrogens is 2. The van der Waals surface area contributed by atoms with Crippen molar-refractivity contribution < 1.29 is 13.5 Å². The number of imidazole rings is 1. The third kappa shape index (κ3) is 3.16. The molecule has 7 heteroatoms. The van der Waals surface area contributed by atoms with Crippen molar-refractivity contribution in [3.8, 4) is 0 Å². The first-order valence-corrected chi connectivity index (χ1v) is 8.05. The Balaban J connectivity index is 2.20. The molecule has 1 aromatic rings. The number of sulfonamides is 1. The highest BCUT2D eigenvalue weighted by Gasteiger charge is 2.32. The summed E-state index contributed by atoms with van der Waals surface area (Å²) >= 11 is 0. The van der Waals surface area contributed by atoms with E-state index in [0.29, 0.717) is 44.6 Å². The van der Waals surface area contributed by atoms with E-state index in [1.54, 1.807) is 6.92 Å². The number of hydrogen-bond donors (Lipinski definition) is 2. The average molecular weight is 287 g/mol. The highest BCUT2D eigenvalue weighted by atomic mass is 32.2. The molecule has 1 aromatic heterocycles. The Bertz CT molecular complexity index is 536. The number of rotatable bonds is 3. The minimum Gasteiger partial charge on any atom is -0.390 e. The molecule has 2 heterocycles. The summed E-state index contributed by atoms with van der Waals surface area (Å²) in [5, 5.41) is 10.2. The molecule has 2 rings (SSSR count). The second-order valence-electron chi connectivity index (χ2n) is 5.30. The summed E-state index contributed by atoms with van der Waals surface area (Å²) < 4.78 is 26.3. The molecule has 1 unspecified atom stereocenters. The number of aromatic amines is 1. The lowest BCUT2D eigenvalue weighted by atomic mass is 9.98. The fourth-order valence-electron chi connectivity index (χ4n) is 2.27. The van der Waals surface area contributed by atoms with Crippen molar-refractivity contribution in [2.24, 2.45) is 0 Å². The van der Waals surface area contributed by atoms with Gasteiger partial charge in [0.05, 0.1) is 11.8 Å². The Morgan fingerprint density at radius 1 is 1.47 bits per heavy atom. The normalized spacial score (nSPS) is 26.3. The number of aryl methyl sites for hydroxylation is 1. The summed E-state index contributed by atoms with van der Waals surface area (Å²) in [6.45, 7) is 4.46. The van der Waals surface area contributed by atoms with Crippen LogP contribution >= 0.6 is 0 Å². The van der Waals surface area contributed by atoms with Gasteiger partial charge >= 0.3 is 0 Å². The molecule has 19 heavy (non-hydrogen) atoms. The van der Waals surface area contributed by atoms with Crippen LogP contribution in [-0.2, 0) is 16.4 Å². The van der Waals surface area contributed by atoms with Crippen molar-refractivity contribution in [3.05, 3.63) is 12.0 Å². The Morgan fingerprint density at radius 2 is 2.21 bits per heavy atom. The lowest BCUT2D eigenvalue weighted by molar-refractivity contribution is 0.0465. The molecule has 0 amide bonds. The Hall–Kier alpha value is -0.920. The maximum atomic E-state index is 12.5. The third-order valence-electron chi connectivity index (χ3n) is 3.58. The summed E-state index contributed by atoms with van der Waals surface area (Å²) in [4.78, 5) is 6.88. The molecule has 1 saturated heterocycles. The van der Waals surface area contributed by atoms with Crippen molar-refractivity contribution in [1.82, 2.24) is 14.3 Å². The molecule has 1 atom stereocenters. The van der Waals surface area contributed by atoms with E-state index in [2.05, 4.69) is 9.97 Å². The zero-order chi connectivity index (χ0) is 14.1. The van der Waals surface area contributed by atoms with Crippen molar-refractivity contribution in [1.29, 1.82) is 0 Å². The van der Waals surface area contributed by atoms with Gasteiger partial charge in [-0.3, -0.25) is 0 Å². The molecule has 6 nitrogen and oxygen atoms in total. The Morgan fingerprint density at radius 3 is 2.84 bits per heavy atom. The summed E-state index contributed by atoms with van der Waals surface area (Å²) in [7, 11) is -3.52. The molecular formula is C12H21N3O3S. The quantitative estimate of drug-likeness (QED) is 0.864. The van der Waals surface area contributed by atoms with Crippen LogP contribution in [0.5, 0.6) is 0 Å². The largest absolute Gasteiger partial charge is 0.390 e. The van der Waals surface area contributed by atoms with Crippen LogP contribution < -0.4 is 0 Å². The second kappa shape index (κ2) is 5.22. The van der Waals surface area contributed by atoms with Crippen molar-refractivity contribution >= 4 is 10.0 Å². The first-order valence-electron chi connectivity index (χ1n) is 6.61. The van der Waals surface area contributed by atoms with Crippen LogP contribution in [0.1, 0.15) is 38.9 Å². The second-order valence-corrected chi connectivity index (χ2v) is 7.21. The number of hydrogen-bond acceptors (Lipinski definition) is 4. The van der Waals surface area contributed by atoms with Gasteiger partial charge in [0.2, 0.25) is 0 Å². The molecule has 1 aliphatic heterocycles. The Labute approximate surface area is 113 Å². The summed E-state index contributed by atoms with van der Waals surface area (Å²) in [6.07, 6.45) is 3.80. The van der Waals surface area contributed by atoms with Crippen LogP contribution in [0, 0.1) is 0 Å². The first-order chi connectivity index (χ1) is 8.85. The smallest absolute Gasteiger partial charge is 0.260 e. The van der Waals surface area contributed by atoms with Gasteiger partial charge in [0.25, 0.3) is 10.0 Å². The molecule has 108 valence electrons. The molecule has 2 N–H and O–H groups in total. The topological polar surface area (TPSA) is 86.3 Å². The molecule has 0 radical (unpaired) electrons. The SMILES string of the molecule is CCc1ncc(S(=O)(=O)N2CCCC(C)(O)CC2)[nH]1. The number of nitrogens with zero attached hydrogens (tertiary/aromatic N) is 2. The van der Waals surface area contributed by atoms with Gasteiger partial charge in [0.1, 0.15) is 5.82 Å². The molecule has 0 saturated carbocycles. The maximum absolute atomic E-state index is 12.5. The molecule has 1 fully saturated rings. The van der Waals surface area contributed by atoms with E-state index in [1.165, 1.54) is 10.5 Å². The van der Waals surface area contributed by atoms with Gasteiger partial charge in [-0.25, -0.2) is 13.4 Å². The van der Waals surface area contributed by atoms with Crippen LogP contribution in [0.2, 0.25) is 0 Å².